The molecule has 0 saturated carbocycles. The van der Waals surface area contributed by atoms with E-state index in [-0.39, 0.29) is 23.6 Å². The van der Waals surface area contributed by atoms with Gasteiger partial charge in [0.25, 0.3) is 0 Å². The summed E-state index contributed by atoms with van der Waals surface area (Å²) in [5.41, 5.74) is 1.78. The first-order valence-electron chi connectivity index (χ1n) is 10.4. The molecule has 3 unspecified atom stereocenters. The highest BCUT2D eigenvalue weighted by Crippen LogP contribution is 2.53. The highest BCUT2D eigenvalue weighted by molar-refractivity contribution is 8.05. The van der Waals surface area contributed by atoms with E-state index in [4.69, 9.17) is 0 Å². The lowest BCUT2D eigenvalue weighted by Gasteiger charge is -2.43. The van der Waals surface area contributed by atoms with Gasteiger partial charge in [-0.15, -0.1) is 23.1 Å². The van der Waals surface area contributed by atoms with Crippen molar-refractivity contribution >= 4 is 62.9 Å². The van der Waals surface area contributed by atoms with Gasteiger partial charge >= 0.3 is 5.97 Å². The zero-order valence-electron chi connectivity index (χ0n) is 17.6. The van der Waals surface area contributed by atoms with Crippen LogP contribution >= 0.6 is 34.9 Å². The van der Waals surface area contributed by atoms with Gasteiger partial charge in [0.05, 0.1) is 21.4 Å². The number of amides is 2. The molecule has 10 heteroatoms. The molecular formula is C23H21N3O4S3. The number of carbonyl (C=O) groups is 3. The minimum absolute atomic E-state index is 0.176. The molecule has 7 nitrogen and oxygen atoms in total. The number of para-hydroxylation sites is 1. The van der Waals surface area contributed by atoms with Crippen LogP contribution in [0.5, 0.6) is 0 Å². The third-order valence-corrected chi connectivity index (χ3v) is 10.2. The van der Waals surface area contributed by atoms with Crippen molar-refractivity contribution in [1.82, 2.24) is 15.2 Å². The minimum Gasteiger partial charge on any atom is -0.480 e. The van der Waals surface area contributed by atoms with Crippen molar-refractivity contribution in [3.63, 3.8) is 0 Å². The lowest BCUT2D eigenvalue weighted by Crippen LogP contribution is -2.70. The van der Waals surface area contributed by atoms with Gasteiger partial charge in [-0.25, -0.2) is 9.78 Å². The van der Waals surface area contributed by atoms with Gasteiger partial charge in [-0.1, -0.05) is 54.2 Å². The number of carbonyl (C=O) groups excluding carboxylic acids is 2. The van der Waals surface area contributed by atoms with Crippen molar-refractivity contribution in [2.24, 2.45) is 0 Å². The number of aromatic nitrogens is 1. The molecule has 2 aliphatic rings. The van der Waals surface area contributed by atoms with Crippen molar-refractivity contribution in [1.29, 1.82) is 0 Å². The van der Waals surface area contributed by atoms with Crippen molar-refractivity contribution < 1.29 is 19.5 Å². The Bertz CT molecular complexity index is 1200. The van der Waals surface area contributed by atoms with Gasteiger partial charge in [-0.05, 0) is 24.6 Å². The molecule has 5 rings (SSSR count). The molecule has 170 valence electrons. The molecule has 2 amide bonds. The molecular weight excluding hydrogens is 478 g/mol. The topological polar surface area (TPSA) is 99.6 Å². The quantitative estimate of drug-likeness (QED) is 0.380. The predicted molar refractivity (Wildman–Crippen MR) is 130 cm³/mol. The second-order valence-electron chi connectivity index (χ2n) is 8.25. The van der Waals surface area contributed by atoms with E-state index in [1.807, 2.05) is 61.5 Å². The van der Waals surface area contributed by atoms with E-state index in [0.29, 0.717) is 5.75 Å². The molecule has 0 bridgehead atoms. The van der Waals surface area contributed by atoms with Crippen LogP contribution < -0.4 is 5.32 Å². The van der Waals surface area contributed by atoms with E-state index in [1.165, 1.54) is 28.4 Å². The normalized spacial score (nSPS) is 26.2. The number of thiazole rings is 1. The molecule has 2 aliphatic heterocycles. The lowest BCUT2D eigenvalue weighted by molar-refractivity contribution is -0.161. The second-order valence-corrected chi connectivity index (χ2v) is 12.2. The van der Waals surface area contributed by atoms with Gasteiger partial charge in [0.2, 0.25) is 11.8 Å². The van der Waals surface area contributed by atoms with Crippen LogP contribution in [0.4, 0.5) is 0 Å². The summed E-state index contributed by atoms with van der Waals surface area (Å²) in [5.74, 6) is -1.13. The van der Waals surface area contributed by atoms with Crippen LogP contribution in [0, 0.1) is 0 Å². The second kappa shape index (κ2) is 8.66. The number of benzene rings is 2. The third kappa shape index (κ3) is 4.11. The Labute approximate surface area is 203 Å². The van der Waals surface area contributed by atoms with E-state index >= 15 is 0 Å². The molecule has 3 aromatic rings. The fourth-order valence-electron chi connectivity index (χ4n) is 4.27. The highest BCUT2D eigenvalue weighted by atomic mass is 32.2. The molecule has 2 N–H and O–H groups in total. The maximum atomic E-state index is 12.8. The molecule has 0 spiro atoms. The van der Waals surface area contributed by atoms with E-state index < -0.39 is 22.8 Å². The Balaban J connectivity index is 1.28. The van der Waals surface area contributed by atoms with E-state index in [2.05, 4.69) is 10.3 Å². The summed E-state index contributed by atoms with van der Waals surface area (Å²) in [6.07, 6.45) is 0.176. The monoisotopic (exact) mass is 499 g/mol. The van der Waals surface area contributed by atoms with Gasteiger partial charge in [0, 0.05) is 5.75 Å². The molecule has 0 radical (unpaired) electrons. The van der Waals surface area contributed by atoms with Crippen LogP contribution in [-0.2, 0) is 20.8 Å². The Morgan fingerprint density at radius 1 is 1.18 bits per heavy atom. The minimum atomic E-state index is -1.03. The van der Waals surface area contributed by atoms with Crippen LogP contribution in [0.2, 0.25) is 0 Å². The molecule has 4 atom stereocenters. The molecule has 3 heterocycles. The summed E-state index contributed by atoms with van der Waals surface area (Å²) in [6.45, 7) is 1.88. The standard InChI is InChI=1S/C23H21N3O4S3/c1-23(12-31-22-24-14-9-5-6-10-15(14)32-22)18(21(29)30)26-19(28)17(20(26)33-23)25-16(27)11-13-7-3-2-4-8-13/h2-10,17-18,20H,11-12H2,1H3,(H,25,27)(H,29,30)/t17?,18?,20-,23?/m0/s1. The number of carboxylic acid groups (broad SMARTS) is 1. The summed E-state index contributed by atoms with van der Waals surface area (Å²) >= 11 is 4.54. The molecule has 2 saturated heterocycles. The Morgan fingerprint density at radius 3 is 2.64 bits per heavy atom. The summed E-state index contributed by atoms with van der Waals surface area (Å²) in [7, 11) is 0. The lowest BCUT2D eigenvalue weighted by atomic mass is 9.95. The van der Waals surface area contributed by atoms with Crippen LogP contribution in [0.15, 0.2) is 58.9 Å². The maximum Gasteiger partial charge on any atom is 0.327 e. The van der Waals surface area contributed by atoms with Crippen molar-refractivity contribution in [3.8, 4) is 0 Å². The number of hydrogen-bond acceptors (Lipinski definition) is 7. The Morgan fingerprint density at radius 2 is 1.91 bits per heavy atom. The maximum absolute atomic E-state index is 12.8. The summed E-state index contributed by atoms with van der Waals surface area (Å²) in [5, 5.41) is 12.4. The number of fused-ring (bicyclic) bond motifs is 2. The number of β-lactam (4-membered cyclic amide) rings is 1. The van der Waals surface area contributed by atoms with Gasteiger partial charge in [0.1, 0.15) is 17.5 Å². The molecule has 1 aromatic heterocycles. The number of thioether (sulfide) groups is 2. The largest absolute Gasteiger partial charge is 0.480 e. The zero-order chi connectivity index (χ0) is 23.2. The molecule has 0 aliphatic carbocycles. The average Bonchev–Trinajstić information content (AvgIpc) is 3.34. The molecule has 2 fully saturated rings. The number of nitrogens with one attached hydrogen (secondary N) is 1. The molecule has 33 heavy (non-hydrogen) atoms. The number of aliphatic carboxylic acids is 1. The van der Waals surface area contributed by atoms with E-state index in [9.17, 15) is 19.5 Å². The van der Waals surface area contributed by atoms with E-state index in [1.54, 1.807) is 11.3 Å². The van der Waals surface area contributed by atoms with Crippen LogP contribution in [0.3, 0.4) is 0 Å². The Hall–Kier alpha value is -2.56. The van der Waals surface area contributed by atoms with Crippen molar-refractivity contribution in [2.45, 2.75) is 39.9 Å². The van der Waals surface area contributed by atoms with Crippen molar-refractivity contribution in [3.05, 3.63) is 60.2 Å². The number of carboxylic acids is 1. The smallest absolute Gasteiger partial charge is 0.327 e. The van der Waals surface area contributed by atoms with Gasteiger partial charge in [-0.3, -0.25) is 9.59 Å². The summed E-state index contributed by atoms with van der Waals surface area (Å²) in [6, 6.07) is 15.5. The SMILES string of the molecule is CC1(CSc2nc3ccccc3s2)S[C@H]2C(NC(=O)Cc3ccccc3)C(=O)N2C1C(=O)O. The predicted octanol–water partition coefficient (Wildman–Crippen LogP) is 3.24. The Kier molecular flexibility index (Phi) is 5.84. The summed E-state index contributed by atoms with van der Waals surface area (Å²) < 4.78 is 1.24. The van der Waals surface area contributed by atoms with Gasteiger partial charge in [0.15, 0.2) is 4.34 Å². The number of rotatable bonds is 7. The van der Waals surface area contributed by atoms with E-state index in [0.717, 1.165) is 20.1 Å². The highest BCUT2D eigenvalue weighted by Gasteiger charge is 2.65. The first-order chi connectivity index (χ1) is 15.9. The van der Waals surface area contributed by atoms with Crippen LogP contribution in [0.25, 0.3) is 10.2 Å². The van der Waals surface area contributed by atoms with Crippen molar-refractivity contribution in [2.75, 3.05) is 5.75 Å². The first kappa shape index (κ1) is 22.2. The van der Waals surface area contributed by atoms with Gasteiger partial charge in [-0.2, -0.15) is 0 Å². The van der Waals surface area contributed by atoms with Gasteiger partial charge < -0.3 is 15.3 Å². The van der Waals surface area contributed by atoms with Crippen LogP contribution in [-0.4, -0.2) is 60.7 Å². The molecule has 2 aromatic carbocycles. The fraction of sp³-hybridized carbons (Fsp3) is 0.304. The average molecular weight is 500 g/mol. The zero-order valence-corrected chi connectivity index (χ0v) is 20.1. The first-order valence-corrected chi connectivity index (χ1v) is 13.1. The summed E-state index contributed by atoms with van der Waals surface area (Å²) in [4.78, 5) is 43.5. The number of hydrogen-bond donors (Lipinski definition) is 2. The number of nitrogens with zero attached hydrogens (tertiary/aromatic N) is 2. The fourth-order valence-corrected chi connectivity index (χ4v) is 8.38. The third-order valence-electron chi connectivity index (χ3n) is 5.84. The van der Waals surface area contributed by atoms with Crippen LogP contribution in [0.1, 0.15) is 12.5 Å².